The Kier molecular flexibility index (Phi) is 7.69. The molecule has 2 fully saturated rings. The fraction of sp³-hybridized carbons (Fsp3) is 0.682. The fourth-order valence-corrected chi connectivity index (χ4v) is 4.94. The van der Waals surface area contributed by atoms with Gasteiger partial charge in [0.2, 0.25) is 10.0 Å². The first kappa shape index (κ1) is 24.8. The van der Waals surface area contributed by atoms with Crippen molar-refractivity contribution in [3.05, 3.63) is 24.3 Å². The Balaban J connectivity index is 1.47. The summed E-state index contributed by atoms with van der Waals surface area (Å²) in [5, 5.41) is 12.6. The lowest BCUT2D eigenvalue weighted by Gasteiger charge is -2.37. The smallest absolute Gasteiger partial charge is 0.321 e. The molecular weight excluding hydrogens is 430 g/mol. The molecule has 2 heterocycles. The standard InChI is InChI=1S/C22H37N5O4S/c1-17(28)25-13-15-26(16-14-25)20-7-5-18(6-8-20)23-21(29)27-11-9-19(10-12-27)24-32(30,31)22(2,3)4/h5-8,17,19,24,28H,9-16H2,1-4H3,(H,23,29). The van der Waals surface area contributed by atoms with E-state index in [1.54, 1.807) is 32.6 Å². The van der Waals surface area contributed by atoms with Crippen molar-refractivity contribution in [2.45, 2.75) is 57.6 Å². The van der Waals surface area contributed by atoms with Gasteiger partial charge in [0.15, 0.2) is 0 Å². The van der Waals surface area contributed by atoms with Crippen molar-refractivity contribution in [3.63, 3.8) is 0 Å². The molecule has 2 saturated heterocycles. The zero-order chi connectivity index (χ0) is 23.5. The van der Waals surface area contributed by atoms with Crippen LogP contribution >= 0.6 is 0 Å². The quantitative estimate of drug-likeness (QED) is 0.611. The number of anilines is 2. The summed E-state index contributed by atoms with van der Waals surface area (Å²) in [6.45, 7) is 11.2. The number of amides is 2. The molecule has 10 heteroatoms. The predicted molar refractivity (Wildman–Crippen MR) is 127 cm³/mol. The minimum Gasteiger partial charge on any atom is -0.379 e. The Hall–Kier alpha value is -1.88. The second-order valence-electron chi connectivity index (χ2n) is 9.63. The number of aliphatic hydroxyl groups excluding tert-OH is 1. The molecule has 1 aromatic carbocycles. The van der Waals surface area contributed by atoms with Gasteiger partial charge in [0.25, 0.3) is 0 Å². The number of nitrogens with one attached hydrogen (secondary N) is 2. The molecule has 0 bridgehead atoms. The summed E-state index contributed by atoms with van der Waals surface area (Å²) in [6, 6.07) is 7.50. The number of nitrogens with zero attached hydrogens (tertiary/aromatic N) is 3. The average Bonchev–Trinajstić information content (AvgIpc) is 2.74. The number of likely N-dealkylation sites (tertiary alicyclic amines) is 1. The van der Waals surface area contributed by atoms with Crippen LogP contribution < -0.4 is 14.9 Å². The van der Waals surface area contributed by atoms with E-state index in [0.29, 0.717) is 25.9 Å². The molecule has 0 aliphatic carbocycles. The van der Waals surface area contributed by atoms with Crippen molar-refractivity contribution < 1.29 is 18.3 Å². The second kappa shape index (κ2) is 9.94. The van der Waals surface area contributed by atoms with Gasteiger partial charge in [0, 0.05) is 56.7 Å². The van der Waals surface area contributed by atoms with E-state index in [2.05, 4.69) is 14.9 Å². The first-order valence-electron chi connectivity index (χ1n) is 11.3. The molecule has 3 N–H and O–H groups in total. The van der Waals surface area contributed by atoms with Gasteiger partial charge < -0.3 is 20.2 Å². The average molecular weight is 468 g/mol. The van der Waals surface area contributed by atoms with Crippen LogP contribution in [0.15, 0.2) is 24.3 Å². The molecule has 0 saturated carbocycles. The number of aliphatic hydroxyl groups is 1. The zero-order valence-corrected chi connectivity index (χ0v) is 20.4. The van der Waals surface area contributed by atoms with Gasteiger partial charge in [-0.15, -0.1) is 0 Å². The summed E-state index contributed by atoms with van der Waals surface area (Å²) >= 11 is 0. The van der Waals surface area contributed by atoms with E-state index < -0.39 is 21.0 Å². The van der Waals surface area contributed by atoms with Gasteiger partial charge in [-0.3, -0.25) is 4.90 Å². The highest BCUT2D eigenvalue weighted by molar-refractivity contribution is 7.90. The number of carbonyl (C=O) groups excluding carboxylic acids is 1. The van der Waals surface area contributed by atoms with Gasteiger partial charge in [-0.2, -0.15) is 0 Å². The van der Waals surface area contributed by atoms with E-state index in [9.17, 15) is 18.3 Å². The molecule has 2 aliphatic rings. The number of piperazine rings is 1. The van der Waals surface area contributed by atoms with Crippen LogP contribution in [-0.2, 0) is 10.0 Å². The maximum atomic E-state index is 12.6. The summed E-state index contributed by atoms with van der Waals surface area (Å²) in [5.41, 5.74) is 1.83. The van der Waals surface area contributed by atoms with Crippen molar-refractivity contribution in [2.24, 2.45) is 0 Å². The lowest BCUT2D eigenvalue weighted by atomic mass is 10.1. The van der Waals surface area contributed by atoms with E-state index in [1.165, 1.54) is 0 Å². The number of benzene rings is 1. The number of hydrogen-bond donors (Lipinski definition) is 3. The molecule has 0 spiro atoms. The summed E-state index contributed by atoms with van der Waals surface area (Å²) in [4.78, 5) is 18.7. The van der Waals surface area contributed by atoms with Crippen LogP contribution in [-0.4, -0.2) is 85.6 Å². The highest BCUT2D eigenvalue weighted by Gasteiger charge is 2.33. The Labute approximate surface area is 191 Å². The van der Waals surface area contributed by atoms with Gasteiger partial charge in [0.05, 0.1) is 4.75 Å². The monoisotopic (exact) mass is 467 g/mol. The number of hydrogen-bond acceptors (Lipinski definition) is 6. The molecule has 1 aromatic rings. The van der Waals surface area contributed by atoms with Crippen LogP contribution in [0.3, 0.4) is 0 Å². The number of rotatable bonds is 5. The normalized spacial score (nSPS) is 20.3. The van der Waals surface area contributed by atoms with Crippen molar-refractivity contribution in [2.75, 3.05) is 49.5 Å². The van der Waals surface area contributed by atoms with Crippen LogP contribution in [0.4, 0.5) is 16.2 Å². The third-order valence-corrected chi connectivity index (χ3v) is 8.49. The highest BCUT2D eigenvalue weighted by atomic mass is 32.2. The second-order valence-corrected chi connectivity index (χ2v) is 12.1. The number of piperidine rings is 1. The fourth-order valence-electron chi connectivity index (χ4n) is 3.91. The van der Waals surface area contributed by atoms with E-state index in [1.807, 2.05) is 29.2 Å². The molecule has 1 atom stereocenters. The van der Waals surface area contributed by atoms with Crippen molar-refractivity contribution in [3.8, 4) is 0 Å². The lowest BCUT2D eigenvalue weighted by molar-refractivity contribution is 0.0153. The van der Waals surface area contributed by atoms with E-state index in [4.69, 9.17) is 0 Å². The number of carbonyl (C=O) groups is 1. The number of sulfonamides is 1. The van der Waals surface area contributed by atoms with Crippen LogP contribution in [0.25, 0.3) is 0 Å². The van der Waals surface area contributed by atoms with Gasteiger partial charge in [-0.05, 0) is 64.8 Å². The zero-order valence-electron chi connectivity index (χ0n) is 19.5. The molecule has 9 nitrogen and oxygen atoms in total. The van der Waals surface area contributed by atoms with Crippen molar-refractivity contribution in [1.82, 2.24) is 14.5 Å². The minimum absolute atomic E-state index is 0.142. The predicted octanol–water partition coefficient (Wildman–Crippen LogP) is 1.86. The molecule has 32 heavy (non-hydrogen) atoms. The Morgan fingerprint density at radius 2 is 1.59 bits per heavy atom. The van der Waals surface area contributed by atoms with E-state index >= 15 is 0 Å². The van der Waals surface area contributed by atoms with Gasteiger partial charge >= 0.3 is 6.03 Å². The molecule has 1 unspecified atom stereocenters. The molecule has 2 aliphatic heterocycles. The van der Waals surface area contributed by atoms with Crippen LogP contribution in [0.5, 0.6) is 0 Å². The van der Waals surface area contributed by atoms with Gasteiger partial charge in [-0.1, -0.05) is 0 Å². The first-order chi connectivity index (χ1) is 15.0. The molecule has 180 valence electrons. The molecule has 0 radical (unpaired) electrons. The molecule has 2 amide bonds. The van der Waals surface area contributed by atoms with E-state index in [-0.39, 0.29) is 12.1 Å². The Morgan fingerprint density at radius 1 is 1.03 bits per heavy atom. The van der Waals surface area contributed by atoms with Gasteiger partial charge in [-0.25, -0.2) is 17.9 Å². The largest absolute Gasteiger partial charge is 0.379 e. The van der Waals surface area contributed by atoms with E-state index in [0.717, 1.165) is 37.6 Å². The van der Waals surface area contributed by atoms with Gasteiger partial charge in [0.1, 0.15) is 6.23 Å². The SMILES string of the molecule is CC(O)N1CCN(c2ccc(NC(=O)N3CCC(NS(=O)(=O)C(C)(C)C)CC3)cc2)CC1. The third kappa shape index (κ3) is 6.12. The summed E-state index contributed by atoms with van der Waals surface area (Å²) in [6.07, 6.45) is 0.777. The number of urea groups is 1. The lowest BCUT2D eigenvalue weighted by Crippen LogP contribution is -2.50. The summed E-state index contributed by atoms with van der Waals surface area (Å²) < 4.78 is 26.6. The summed E-state index contributed by atoms with van der Waals surface area (Å²) in [5.74, 6) is 0. The Bertz CT molecular complexity index is 867. The topological polar surface area (TPSA) is 105 Å². The van der Waals surface area contributed by atoms with Crippen molar-refractivity contribution in [1.29, 1.82) is 0 Å². The van der Waals surface area contributed by atoms with Crippen LogP contribution in [0, 0.1) is 0 Å². The van der Waals surface area contributed by atoms with Crippen LogP contribution in [0.1, 0.15) is 40.5 Å². The highest BCUT2D eigenvalue weighted by Crippen LogP contribution is 2.22. The Morgan fingerprint density at radius 3 is 2.09 bits per heavy atom. The molecule has 3 rings (SSSR count). The molecular formula is C22H37N5O4S. The maximum absolute atomic E-state index is 12.6. The third-order valence-electron chi connectivity index (χ3n) is 6.24. The van der Waals surface area contributed by atoms with Crippen LogP contribution in [0.2, 0.25) is 0 Å². The van der Waals surface area contributed by atoms with Crippen molar-refractivity contribution >= 4 is 27.4 Å². The molecule has 0 aromatic heterocycles. The summed E-state index contributed by atoms with van der Waals surface area (Å²) in [7, 11) is -3.39. The minimum atomic E-state index is -3.39. The first-order valence-corrected chi connectivity index (χ1v) is 12.8. The maximum Gasteiger partial charge on any atom is 0.321 e.